The van der Waals surface area contributed by atoms with E-state index in [0.29, 0.717) is 0 Å². The maximum Gasteiger partial charge on any atom is 0.123 e. The Morgan fingerprint density at radius 1 is 1.38 bits per heavy atom. The Kier molecular flexibility index (Phi) is 3.56. The number of hydrogen-bond acceptors (Lipinski definition) is 2. The Labute approximate surface area is 95.8 Å². The van der Waals surface area contributed by atoms with E-state index in [0.717, 1.165) is 38.3 Å². The minimum atomic E-state index is -0.177. The lowest BCUT2D eigenvalue weighted by molar-refractivity contribution is 0.0796. The van der Waals surface area contributed by atoms with Crippen LogP contribution in [0.3, 0.4) is 0 Å². The quantitative estimate of drug-likeness (QED) is 0.828. The highest BCUT2D eigenvalue weighted by Gasteiger charge is 2.26. The summed E-state index contributed by atoms with van der Waals surface area (Å²) in [6.07, 6.45) is 0.917. The average molecular weight is 223 g/mol. The third-order valence-electron chi connectivity index (χ3n) is 2.97. The molecule has 1 aliphatic rings. The molecule has 1 N–H and O–H groups in total. The van der Waals surface area contributed by atoms with Gasteiger partial charge in [-0.15, -0.1) is 0 Å². The second kappa shape index (κ2) is 4.93. The minimum absolute atomic E-state index is 0.105. The fourth-order valence-corrected chi connectivity index (χ4v) is 2.11. The predicted octanol–water partition coefficient (Wildman–Crippen LogP) is 1.99. The molecule has 1 fully saturated rings. The average Bonchev–Trinajstić information content (AvgIpc) is 2.47. The lowest BCUT2D eigenvalue weighted by Crippen LogP contribution is -2.34. The highest BCUT2D eigenvalue weighted by atomic mass is 19.1. The van der Waals surface area contributed by atoms with Gasteiger partial charge < -0.3 is 10.1 Å². The van der Waals surface area contributed by atoms with Gasteiger partial charge in [-0.25, -0.2) is 4.39 Å². The first-order valence-corrected chi connectivity index (χ1v) is 5.71. The van der Waals surface area contributed by atoms with Crippen LogP contribution >= 0.6 is 0 Å². The van der Waals surface area contributed by atoms with Crippen molar-refractivity contribution < 1.29 is 9.13 Å². The summed E-state index contributed by atoms with van der Waals surface area (Å²) in [4.78, 5) is 0. The maximum absolute atomic E-state index is 12.8. The second-order valence-corrected chi connectivity index (χ2v) is 4.84. The Morgan fingerprint density at radius 2 is 2.12 bits per heavy atom. The molecule has 1 saturated heterocycles. The van der Waals surface area contributed by atoms with Gasteiger partial charge in [0.1, 0.15) is 5.82 Å². The van der Waals surface area contributed by atoms with E-state index in [9.17, 15) is 4.39 Å². The van der Waals surface area contributed by atoms with Crippen molar-refractivity contribution in [3.8, 4) is 0 Å². The number of rotatable bonds is 2. The van der Waals surface area contributed by atoms with Crippen LogP contribution in [-0.2, 0) is 11.2 Å². The van der Waals surface area contributed by atoms with E-state index in [1.165, 1.54) is 12.1 Å². The summed E-state index contributed by atoms with van der Waals surface area (Å²) in [5, 5.41) is 3.37. The summed E-state index contributed by atoms with van der Waals surface area (Å²) in [5.41, 5.74) is 1.27. The van der Waals surface area contributed by atoms with Crippen LogP contribution in [0.25, 0.3) is 0 Å². The molecule has 0 aliphatic carbocycles. The van der Waals surface area contributed by atoms with E-state index in [4.69, 9.17) is 4.74 Å². The molecule has 0 saturated carbocycles. The van der Waals surface area contributed by atoms with Crippen LogP contribution in [0.5, 0.6) is 0 Å². The molecule has 1 aromatic rings. The standard InChI is InChI=1S/C13H18FNO/c1-13(9-15-6-7-16-10-13)8-11-2-4-12(14)5-3-11/h2-5,15H,6-10H2,1H3. The van der Waals surface area contributed by atoms with Gasteiger partial charge in [0.25, 0.3) is 0 Å². The Bertz CT molecular complexity index is 328. The van der Waals surface area contributed by atoms with Crippen molar-refractivity contribution in [3.05, 3.63) is 35.6 Å². The molecule has 2 nitrogen and oxygen atoms in total. The zero-order valence-electron chi connectivity index (χ0n) is 9.63. The molecule has 88 valence electrons. The minimum Gasteiger partial charge on any atom is -0.380 e. The molecule has 1 aliphatic heterocycles. The van der Waals surface area contributed by atoms with Crippen molar-refractivity contribution >= 4 is 0 Å². The Morgan fingerprint density at radius 3 is 2.88 bits per heavy atom. The van der Waals surface area contributed by atoms with Gasteiger partial charge in [0.05, 0.1) is 13.2 Å². The van der Waals surface area contributed by atoms with E-state index in [1.807, 2.05) is 12.1 Å². The molecular weight excluding hydrogens is 205 g/mol. The van der Waals surface area contributed by atoms with Gasteiger partial charge in [-0.2, -0.15) is 0 Å². The molecule has 0 aromatic heterocycles. The highest BCUT2D eigenvalue weighted by molar-refractivity contribution is 5.17. The number of nitrogens with one attached hydrogen (secondary N) is 1. The maximum atomic E-state index is 12.8. The van der Waals surface area contributed by atoms with Gasteiger partial charge >= 0.3 is 0 Å². The van der Waals surface area contributed by atoms with Crippen molar-refractivity contribution in [1.82, 2.24) is 5.32 Å². The fraction of sp³-hybridized carbons (Fsp3) is 0.538. The lowest BCUT2D eigenvalue weighted by Gasteiger charge is -2.27. The summed E-state index contributed by atoms with van der Waals surface area (Å²) < 4.78 is 18.4. The van der Waals surface area contributed by atoms with Gasteiger partial charge in [0.2, 0.25) is 0 Å². The summed E-state index contributed by atoms with van der Waals surface area (Å²) in [5.74, 6) is -0.177. The van der Waals surface area contributed by atoms with E-state index in [2.05, 4.69) is 12.2 Å². The second-order valence-electron chi connectivity index (χ2n) is 4.84. The molecule has 0 bridgehead atoms. The highest BCUT2D eigenvalue weighted by Crippen LogP contribution is 2.23. The first kappa shape index (κ1) is 11.6. The summed E-state index contributed by atoms with van der Waals surface area (Å²) in [6, 6.07) is 6.74. The van der Waals surface area contributed by atoms with Crippen LogP contribution < -0.4 is 5.32 Å². The number of hydrogen-bond donors (Lipinski definition) is 1. The molecule has 2 rings (SSSR count). The van der Waals surface area contributed by atoms with E-state index in [1.54, 1.807) is 0 Å². The number of halogens is 1. The molecule has 1 heterocycles. The van der Waals surface area contributed by atoms with Crippen molar-refractivity contribution in [2.75, 3.05) is 26.3 Å². The third kappa shape index (κ3) is 3.03. The zero-order valence-corrected chi connectivity index (χ0v) is 9.63. The van der Waals surface area contributed by atoms with E-state index >= 15 is 0 Å². The zero-order chi connectivity index (χ0) is 11.4. The first-order valence-electron chi connectivity index (χ1n) is 5.71. The van der Waals surface area contributed by atoms with Crippen LogP contribution in [0, 0.1) is 11.2 Å². The van der Waals surface area contributed by atoms with Crippen LogP contribution in [-0.4, -0.2) is 26.3 Å². The summed E-state index contributed by atoms with van der Waals surface area (Å²) >= 11 is 0. The molecule has 1 unspecified atom stereocenters. The van der Waals surface area contributed by atoms with Crippen molar-refractivity contribution in [3.63, 3.8) is 0 Å². The van der Waals surface area contributed by atoms with Crippen LogP contribution in [0.2, 0.25) is 0 Å². The topological polar surface area (TPSA) is 21.3 Å². The SMILES string of the molecule is CC1(Cc2ccc(F)cc2)CNCCOC1. The largest absolute Gasteiger partial charge is 0.380 e. The monoisotopic (exact) mass is 223 g/mol. The third-order valence-corrected chi connectivity index (χ3v) is 2.97. The normalized spacial score (nSPS) is 26.4. The van der Waals surface area contributed by atoms with Gasteiger partial charge in [-0.05, 0) is 24.1 Å². The molecule has 0 spiro atoms. The van der Waals surface area contributed by atoms with E-state index in [-0.39, 0.29) is 11.2 Å². The van der Waals surface area contributed by atoms with Gasteiger partial charge in [-0.1, -0.05) is 19.1 Å². The van der Waals surface area contributed by atoms with Crippen LogP contribution in [0.4, 0.5) is 4.39 Å². The fourth-order valence-electron chi connectivity index (χ4n) is 2.11. The first-order chi connectivity index (χ1) is 7.68. The summed E-state index contributed by atoms with van der Waals surface area (Å²) in [7, 11) is 0. The van der Waals surface area contributed by atoms with Crippen molar-refractivity contribution in [2.45, 2.75) is 13.3 Å². The number of ether oxygens (including phenoxy) is 1. The molecule has 1 atom stereocenters. The molecule has 16 heavy (non-hydrogen) atoms. The summed E-state index contributed by atoms with van der Waals surface area (Å²) in [6.45, 7) is 5.61. The van der Waals surface area contributed by atoms with Crippen LogP contribution in [0.1, 0.15) is 12.5 Å². The van der Waals surface area contributed by atoms with Crippen LogP contribution in [0.15, 0.2) is 24.3 Å². The smallest absolute Gasteiger partial charge is 0.123 e. The molecular formula is C13H18FNO. The number of benzene rings is 1. The van der Waals surface area contributed by atoms with Crippen molar-refractivity contribution in [2.24, 2.45) is 5.41 Å². The Hall–Kier alpha value is -0.930. The predicted molar refractivity (Wildman–Crippen MR) is 61.9 cm³/mol. The molecule has 1 aromatic carbocycles. The molecule has 0 radical (unpaired) electrons. The molecule has 3 heteroatoms. The molecule has 0 amide bonds. The van der Waals surface area contributed by atoms with Gasteiger partial charge in [0.15, 0.2) is 0 Å². The van der Waals surface area contributed by atoms with Gasteiger partial charge in [0, 0.05) is 18.5 Å². The van der Waals surface area contributed by atoms with E-state index < -0.39 is 0 Å². The van der Waals surface area contributed by atoms with Gasteiger partial charge in [-0.3, -0.25) is 0 Å². The Balaban J connectivity index is 2.04. The van der Waals surface area contributed by atoms with Crippen molar-refractivity contribution in [1.29, 1.82) is 0 Å². The lowest BCUT2D eigenvalue weighted by atomic mass is 9.84.